The maximum absolute atomic E-state index is 13.4. The van der Waals surface area contributed by atoms with Gasteiger partial charge in [0.05, 0.1) is 12.7 Å². The molecule has 0 amide bonds. The Bertz CT molecular complexity index is 537. The summed E-state index contributed by atoms with van der Waals surface area (Å²) in [5.74, 6) is -0.512. The predicted octanol–water partition coefficient (Wildman–Crippen LogP) is 2.46. The highest BCUT2D eigenvalue weighted by molar-refractivity contribution is 6.08. The molecule has 1 aromatic carbocycles. The third-order valence-electron chi connectivity index (χ3n) is 2.33. The highest BCUT2D eigenvalue weighted by atomic mass is 19.1. The lowest BCUT2D eigenvalue weighted by molar-refractivity contribution is 0.103. The Balaban J connectivity index is 2.34. The minimum atomic E-state index is -0.534. The van der Waals surface area contributed by atoms with Crippen LogP contribution in [0.15, 0.2) is 42.6 Å². The molecule has 0 saturated carbocycles. The van der Waals surface area contributed by atoms with Crippen molar-refractivity contribution in [3.63, 3.8) is 0 Å². The average molecular weight is 231 g/mol. The lowest BCUT2D eigenvalue weighted by atomic mass is 10.0. The highest BCUT2D eigenvalue weighted by Crippen LogP contribution is 2.14. The van der Waals surface area contributed by atoms with Gasteiger partial charge in [-0.25, -0.2) is 9.37 Å². The van der Waals surface area contributed by atoms with Gasteiger partial charge in [-0.2, -0.15) is 0 Å². The van der Waals surface area contributed by atoms with Crippen molar-refractivity contribution in [3.8, 4) is 5.88 Å². The van der Waals surface area contributed by atoms with E-state index in [2.05, 4.69) is 4.98 Å². The lowest BCUT2D eigenvalue weighted by Crippen LogP contribution is -2.04. The van der Waals surface area contributed by atoms with E-state index in [1.54, 1.807) is 24.3 Å². The number of carbonyl (C=O) groups is 1. The number of rotatable bonds is 3. The van der Waals surface area contributed by atoms with Crippen molar-refractivity contribution in [3.05, 3.63) is 59.5 Å². The van der Waals surface area contributed by atoms with Crippen molar-refractivity contribution < 1.29 is 13.9 Å². The number of aromatic nitrogens is 1. The van der Waals surface area contributed by atoms with Crippen molar-refractivity contribution >= 4 is 5.78 Å². The molecule has 0 aliphatic rings. The second kappa shape index (κ2) is 4.74. The van der Waals surface area contributed by atoms with Crippen LogP contribution in [0.3, 0.4) is 0 Å². The Hall–Kier alpha value is -2.23. The molecule has 0 fully saturated rings. The van der Waals surface area contributed by atoms with Crippen LogP contribution in [0.2, 0.25) is 0 Å². The number of hydrogen-bond acceptors (Lipinski definition) is 3. The molecule has 0 atom stereocenters. The molecular weight excluding hydrogens is 221 g/mol. The zero-order chi connectivity index (χ0) is 12.3. The number of carbonyl (C=O) groups excluding carboxylic acids is 1. The summed E-state index contributed by atoms with van der Waals surface area (Å²) in [6.45, 7) is 0. The molecule has 0 radical (unpaired) electrons. The van der Waals surface area contributed by atoms with Crippen molar-refractivity contribution in [2.24, 2.45) is 0 Å². The summed E-state index contributed by atoms with van der Waals surface area (Å²) in [5, 5.41) is 0. The molecule has 0 aliphatic carbocycles. The van der Waals surface area contributed by atoms with Gasteiger partial charge in [0.1, 0.15) is 5.82 Å². The van der Waals surface area contributed by atoms with Gasteiger partial charge in [-0.1, -0.05) is 12.1 Å². The smallest absolute Gasteiger partial charge is 0.212 e. The first kappa shape index (κ1) is 11.3. The van der Waals surface area contributed by atoms with Crippen molar-refractivity contribution in [2.75, 3.05) is 7.11 Å². The van der Waals surface area contributed by atoms with Gasteiger partial charge in [0.15, 0.2) is 5.78 Å². The molecule has 2 rings (SSSR count). The van der Waals surface area contributed by atoms with Gasteiger partial charge in [-0.05, 0) is 18.2 Å². The first-order chi connectivity index (χ1) is 8.22. The van der Waals surface area contributed by atoms with E-state index in [1.807, 2.05) is 0 Å². The van der Waals surface area contributed by atoms with Crippen LogP contribution in [0.4, 0.5) is 4.39 Å². The zero-order valence-electron chi connectivity index (χ0n) is 9.18. The SMILES string of the molecule is COc1ccc(C(=O)c2ccccc2F)cn1. The first-order valence-electron chi connectivity index (χ1n) is 5.01. The van der Waals surface area contributed by atoms with Gasteiger partial charge in [0.25, 0.3) is 0 Å². The fourth-order valence-corrected chi connectivity index (χ4v) is 1.44. The molecule has 2 aromatic rings. The molecule has 86 valence electrons. The van der Waals surface area contributed by atoms with Gasteiger partial charge in [0, 0.05) is 17.8 Å². The Morgan fingerprint density at radius 3 is 2.59 bits per heavy atom. The fraction of sp³-hybridized carbons (Fsp3) is 0.0769. The summed E-state index contributed by atoms with van der Waals surface area (Å²) < 4.78 is 18.3. The zero-order valence-corrected chi connectivity index (χ0v) is 9.18. The van der Waals surface area contributed by atoms with Crippen LogP contribution < -0.4 is 4.74 Å². The second-order valence-electron chi connectivity index (χ2n) is 3.40. The van der Waals surface area contributed by atoms with Crippen molar-refractivity contribution in [1.82, 2.24) is 4.98 Å². The maximum atomic E-state index is 13.4. The Morgan fingerprint density at radius 1 is 1.24 bits per heavy atom. The molecule has 0 bridgehead atoms. The number of ketones is 1. The van der Waals surface area contributed by atoms with Gasteiger partial charge >= 0.3 is 0 Å². The summed E-state index contributed by atoms with van der Waals surface area (Å²) >= 11 is 0. The van der Waals surface area contributed by atoms with Crippen LogP contribution >= 0.6 is 0 Å². The van der Waals surface area contributed by atoms with E-state index in [-0.39, 0.29) is 5.56 Å². The average Bonchev–Trinajstić information content (AvgIpc) is 2.39. The third kappa shape index (κ3) is 2.30. The molecule has 0 N–H and O–H groups in total. The van der Waals surface area contributed by atoms with E-state index in [4.69, 9.17) is 4.74 Å². The molecule has 0 saturated heterocycles. The summed E-state index contributed by atoms with van der Waals surface area (Å²) in [4.78, 5) is 15.9. The molecule has 3 nitrogen and oxygen atoms in total. The summed E-state index contributed by atoms with van der Waals surface area (Å²) in [7, 11) is 1.49. The molecular formula is C13H10FNO2. The van der Waals surface area contributed by atoms with E-state index in [0.717, 1.165) is 0 Å². The summed E-state index contributed by atoms with van der Waals surface area (Å²) in [5.41, 5.74) is 0.371. The molecule has 0 spiro atoms. The topological polar surface area (TPSA) is 39.2 Å². The normalized spacial score (nSPS) is 10.0. The number of pyridine rings is 1. The van der Waals surface area contributed by atoms with Crippen LogP contribution in [0.25, 0.3) is 0 Å². The van der Waals surface area contributed by atoms with Crippen LogP contribution in [0.1, 0.15) is 15.9 Å². The lowest BCUT2D eigenvalue weighted by Gasteiger charge is -2.03. The minimum Gasteiger partial charge on any atom is -0.481 e. The largest absolute Gasteiger partial charge is 0.481 e. The van der Waals surface area contributed by atoms with Gasteiger partial charge in [-0.3, -0.25) is 4.79 Å². The van der Waals surface area contributed by atoms with E-state index in [0.29, 0.717) is 11.4 Å². The Labute approximate surface area is 97.9 Å². The number of ether oxygens (including phenoxy) is 1. The minimum absolute atomic E-state index is 0.0412. The molecule has 4 heteroatoms. The highest BCUT2D eigenvalue weighted by Gasteiger charge is 2.13. The number of nitrogens with zero attached hydrogens (tertiary/aromatic N) is 1. The quantitative estimate of drug-likeness (QED) is 0.762. The van der Waals surface area contributed by atoms with Crippen molar-refractivity contribution in [2.45, 2.75) is 0 Å². The van der Waals surface area contributed by atoms with Crippen LogP contribution in [-0.4, -0.2) is 17.9 Å². The number of methoxy groups -OCH3 is 1. The van der Waals surface area contributed by atoms with Crippen LogP contribution in [-0.2, 0) is 0 Å². The standard InChI is InChI=1S/C13H10FNO2/c1-17-12-7-6-9(8-15-12)13(16)10-4-2-3-5-11(10)14/h2-8H,1H3. The van der Waals surface area contributed by atoms with Crippen LogP contribution in [0.5, 0.6) is 5.88 Å². The number of halogens is 1. The third-order valence-corrected chi connectivity index (χ3v) is 2.33. The molecule has 1 heterocycles. The Kier molecular flexibility index (Phi) is 3.14. The molecule has 0 aliphatic heterocycles. The molecule has 0 unspecified atom stereocenters. The van der Waals surface area contributed by atoms with Gasteiger partial charge in [0.2, 0.25) is 5.88 Å². The summed E-state index contributed by atoms with van der Waals surface area (Å²) in [6.07, 6.45) is 1.37. The first-order valence-corrected chi connectivity index (χ1v) is 5.01. The molecule has 1 aromatic heterocycles. The van der Waals surface area contributed by atoms with E-state index in [9.17, 15) is 9.18 Å². The molecule has 17 heavy (non-hydrogen) atoms. The number of hydrogen-bond donors (Lipinski definition) is 0. The fourth-order valence-electron chi connectivity index (χ4n) is 1.44. The second-order valence-corrected chi connectivity index (χ2v) is 3.40. The van der Waals surface area contributed by atoms with Gasteiger partial charge in [-0.15, -0.1) is 0 Å². The van der Waals surface area contributed by atoms with E-state index < -0.39 is 11.6 Å². The monoisotopic (exact) mass is 231 g/mol. The van der Waals surface area contributed by atoms with E-state index >= 15 is 0 Å². The Morgan fingerprint density at radius 2 is 2.00 bits per heavy atom. The van der Waals surface area contributed by atoms with Gasteiger partial charge < -0.3 is 4.74 Å². The predicted molar refractivity (Wildman–Crippen MR) is 60.6 cm³/mol. The summed E-state index contributed by atoms with van der Waals surface area (Å²) in [6, 6.07) is 8.98. The maximum Gasteiger partial charge on any atom is 0.212 e. The van der Waals surface area contributed by atoms with Crippen LogP contribution in [0, 0.1) is 5.82 Å². The number of benzene rings is 1. The van der Waals surface area contributed by atoms with Crippen molar-refractivity contribution in [1.29, 1.82) is 0 Å². The van der Waals surface area contributed by atoms with E-state index in [1.165, 1.54) is 25.4 Å².